The number of anilines is 1. The first-order valence-electron chi connectivity index (χ1n) is 7.38. The van der Waals surface area contributed by atoms with Crippen LogP contribution < -0.4 is 10.1 Å². The largest absolute Gasteiger partial charge is 0.494 e. The summed E-state index contributed by atoms with van der Waals surface area (Å²) in [4.78, 5) is 35.2. The summed E-state index contributed by atoms with van der Waals surface area (Å²) in [6.45, 7) is 1.17. The van der Waals surface area contributed by atoms with Crippen molar-refractivity contribution in [2.75, 3.05) is 39.2 Å². The molecule has 0 saturated carbocycles. The van der Waals surface area contributed by atoms with Crippen LogP contribution >= 0.6 is 0 Å². The second-order valence-corrected chi connectivity index (χ2v) is 5.33. The standard InChI is InChI=1S/C15H19N3O6/c1-23-13-8-11(18(21)22)3-4-12(13)16-5-6-17-9-10(7-14(17)19)15(20)24-2/h3-4,8,10,16H,5-7,9H2,1-2H3. The van der Waals surface area contributed by atoms with Gasteiger partial charge in [0.15, 0.2) is 0 Å². The summed E-state index contributed by atoms with van der Waals surface area (Å²) in [7, 11) is 2.73. The third kappa shape index (κ3) is 3.92. The maximum atomic E-state index is 11.9. The zero-order valence-corrected chi connectivity index (χ0v) is 13.5. The van der Waals surface area contributed by atoms with Gasteiger partial charge in [0, 0.05) is 32.1 Å². The van der Waals surface area contributed by atoms with Gasteiger partial charge in [0.25, 0.3) is 5.69 Å². The lowest BCUT2D eigenvalue weighted by Gasteiger charge is -2.17. The third-order valence-corrected chi connectivity index (χ3v) is 3.84. The molecule has 0 radical (unpaired) electrons. The van der Waals surface area contributed by atoms with Crippen LogP contribution in [0.25, 0.3) is 0 Å². The van der Waals surface area contributed by atoms with Gasteiger partial charge in [-0.3, -0.25) is 19.7 Å². The second-order valence-electron chi connectivity index (χ2n) is 5.33. The molecule has 0 spiro atoms. The number of hydrogen-bond donors (Lipinski definition) is 1. The van der Waals surface area contributed by atoms with E-state index < -0.39 is 10.8 Å². The Kier molecular flexibility index (Phi) is 5.56. The molecule has 0 aliphatic carbocycles. The Morgan fingerprint density at radius 1 is 1.46 bits per heavy atom. The number of methoxy groups -OCH3 is 2. The Morgan fingerprint density at radius 3 is 2.83 bits per heavy atom. The van der Waals surface area contributed by atoms with Gasteiger partial charge in [-0.2, -0.15) is 0 Å². The Balaban J connectivity index is 1.91. The van der Waals surface area contributed by atoms with Crippen LogP contribution in [-0.4, -0.2) is 55.6 Å². The summed E-state index contributed by atoms with van der Waals surface area (Å²) in [5.41, 5.74) is 0.535. The van der Waals surface area contributed by atoms with Crippen molar-refractivity contribution in [3.8, 4) is 5.75 Å². The molecule has 1 aliphatic heterocycles. The van der Waals surface area contributed by atoms with E-state index in [-0.39, 0.29) is 24.0 Å². The minimum Gasteiger partial charge on any atom is -0.494 e. The molecule has 0 bridgehead atoms. The first-order valence-corrected chi connectivity index (χ1v) is 7.38. The smallest absolute Gasteiger partial charge is 0.310 e. The molecule has 24 heavy (non-hydrogen) atoms. The number of rotatable bonds is 7. The molecule has 1 aliphatic rings. The van der Waals surface area contributed by atoms with Crippen LogP contribution in [-0.2, 0) is 14.3 Å². The van der Waals surface area contributed by atoms with Crippen LogP contribution in [0, 0.1) is 16.0 Å². The van der Waals surface area contributed by atoms with Crippen LogP contribution in [0.1, 0.15) is 6.42 Å². The molecule has 9 nitrogen and oxygen atoms in total. The van der Waals surface area contributed by atoms with Crippen LogP contribution in [0.4, 0.5) is 11.4 Å². The van der Waals surface area contributed by atoms with Crippen LogP contribution in [0.5, 0.6) is 5.75 Å². The average Bonchev–Trinajstić information content (AvgIpc) is 2.95. The maximum absolute atomic E-state index is 11.9. The summed E-state index contributed by atoms with van der Waals surface area (Å²) < 4.78 is 9.79. The van der Waals surface area contributed by atoms with Crippen molar-refractivity contribution in [2.24, 2.45) is 5.92 Å². The summed E-state index contributed by atoms with van der Waals surface area (Å²) >= 11 is 0. The van der Waals surface area contributed by atoms with E-state index in [1.165, 1.54) is 26.4 Å². The number of nitrogens with zero attached hydrogens (tertiary/aromatic N) is 2. The van der Waals surface area contributed by atoms with Crippen molar-refractivity contribution < 1.29 is 24.0 Å². The summed E-state index contributed by atoms with van der Waals surface area (Å²) in [6, 6.07) is 4.26. The lowest BCUT2D eigenvalue weighted by atomic mass is 10.1. The Labute approximate surface area is 138 Å². The predicted molar refractivity (Wildman–Crippen MR) is 84.8 cm³/mol. The summed E-state index contributed by atoms with van der Waals surface area (Å²) in [6.07, 6.45) is 0.160. The molecule has 130 valence electrons. The number of amides is 1. The maximum Gasteiger partial charge on any atom is 0.310 e. The monoisotopic (exact) mass is 337 g/mol. The Hall–Kier alpha value is -2.84. The van der Waals surface area contributed by atoms with E-state index in [1.807, 2.05) is 0 Å². The van der Waals surface area contributed by atoms with E-state index in [2.05, 4.69) is 10.1 Å². The van der Waals surface area contributed by atoms with Gasteiger partial charge < -0.3 is 19.7 Å². The highest BCUT2D eigenvalue weighted by atomic mass is 16.6. The van der Waals surface area contributed by atoms with Crippen molar-refractivity contribution in [3.63, 3.8) is 0 Å². The van der Waals surface area contributed by atoms with E-state index in [9.17, 15) is 19.7 Å². The molecule has 1 heterocycles. The van der Waals surface area contributed by atoms with Gasteiger partial charge >= 0.3 is 5.97 Å². The van der Waals surface area contributed by atoms with Gasteiger partial charge in [0.1, 0.15) is 5.75 Å². The number of esters is 1. The molecule has 1 saturated heterocycles. The minimum absolute atomic E-state index is 0.0620. The van der Waals surface area contributed by atoms with Gasteiger partial charge in [-0.15, -0.1) is 0 Å². The Bertz CT molecular complexity index is 648. The number of nitro groups is 1. The molecular formula is C15H19N3O6. The number of likely N-dealkylation sites (tertiary alicyclic amines) is 1. The van der Waals surface area contributed by atoms with Crippen LogP contribution in [0.3, 0.4) is 0 Å². The third-order valence-electron chi connectivity index (χ3n) is 3.84. The number of nitro benzene ring substituents is 1. The van der Waals surface area contributed by atoms with Crippen molar-refractivity contribution in [2.45, 2.75) is 6.42 Å². The van der Waals surface area contributed by atoms with Gasteiger partial charge in [0.2, 0.25) is 5.91 Å². The fourth-order valence-corrected chi connectivity index (χ4v) is 2.58. The van der Waals surface area contributed by atoms with E-state index >= 15 is 0 Å². The normalized spacial score (nSPS) is 16.8. The molecule has 1 aromatic rings. The van der Waals surface area contributed by atoms with Crippen molar-refractivity contribution in [1.29, 1.82) is 0 Å². The number of non-ortho nitro benzene ring substituents is 1. The lowest BCUT2D eigenvalue weighted by molar-refractivity contribution is -0.384. The minimum atomic E-state index is -0.498. The summed E-state index contributed by atoms with van der Waals surface area (Å²) in [5, 5.41) is 13.8. The van der Waals surface area contributed by atoms with Crippen LogP contribution in [0.2, 0.25) is 0 Å². The summed E-state index contributed by atoms with van der Waals surface area (Å²) in [5.74, 6) is -0.542. The first kappa shape index (κ1) is 17.5. The topological polar surface area (TPSA) is 111 Å². The number of ether oxygens (including phenoxy) is 2. The molecule has 0 aromatic heterocycles. The van der Waals surface area contributed by atoms with Gasteiger partial charge in [-0.25, -0.2) is 0 Å². The quantitative estimate of drug-likeness (QED) is 0.449. The molecule has 1 unspecified atom stereocenters. The fourth-order valence-electron chi connectivity index (χ4n) is 2.58. The zero-order valence-electron chi connectivity index (χ0n) is 13.5. The second kappa shape index (κ2) is 7.62. The Morgan fingerprint density at radius 2 is 2.21 bits per heavy atom. The number of benzene rings is 1. The highest BCUT2D eigenvalue weighted by molar-refractivity contribution is 5.86. The first-order chi connectivity index (χ1) is 11.5. The molecule has 1 N–H and O–H groups in total. The highest BCUT2D eigenvalue weighted by Gasteiger charge is 2.34. The molecule has 1 aromatic carbocycles. The van der Waals surface area contributed by atoms with Crippen LogP contribution in [0.15, 0.2) is 18.2 Å². The lowest BCUT2D eigenvalue weighted by Crippen LogP contribution is -2.31. The number of carbonyl (C=O) groups is 2. The highest BCUT2D eigenvalue weighted by Crippen LogP contribution is 2.29. The molecule has 2 rings (SSSR count). The number of hydrogen-bond acceptors (Lipinski definition) is 7. The zero-order chi connectivity index (χ0) is 17.7. The van der Waals surface area contributed by atoms with E-state index in [1.54, 1.807) is 11.0 Å². The van der Waals surface area contributed by atoms with Gasteiger partial charge in [-0.05, 0) is 6.07 Å². The predicted octanol–water partition coefficient (Wildman–Crippen LogP) is 1.04. The van der Waals surface area contributed by atoms with Crippen molar-refractivity contribution in [1.82, 2.24) is 4.90 Å². The molecular weight excluding hydrogens is 318 g/mol. The SMILES string of the molecule is COC(=O)C1CC(=O)N(CCNc2ccc([N+](=O)[O-])cc2OC)C1. The van der Waals surface area contributed by atoms with Gasteiger partial charge in [0.05, 0.1) is 36.8 Å². The van der Waals surface area contributed by atoms with E-state index in [0.29, 0.717) is 31.1 Å². The van der Waals surface area contributed by atoms with Crippen molar-refractivity contribution in [3.05, 3.63) is 28.3 Å². The van der Waals surface area contributed by atoms with E-state index in [4.69, 9.17) is 4.74 Å². The fraction of sp³-hybridized carbons (Fsp3) is 0.467. The number of nitrogens with one attached hydrogen (secondary N) is 1. The van der Waals surface area contributed by atoms with E-state index in [0.717, 1.165) is 0 Å². The molecule has 1 atom stereocenters. The molecule has 9 heteroatoms. The molecule has 1 amide bonds. The molecule has 1 fully saturated rings. The number of carbonyl (C=O) groups excluding carboxylic acids is 2. The van der Waals surface area contributed by atoms with Crippen molar-refractivity contribution >= 4 is 23.3 Å². The van der Waals surface area contributed by atoms with Gasteiger partial charge in [-0.1, -0.05) is 0 Å². The average molecular weight is 337 g/mol.